The minimum atomic E-state index is 0.220. The highest BCUT2D eigenvalue weighted by Gasteiger charge is 2.37. The van der Waals surface area contributed by atoms with Crippen LogP contribution >= 0.6 is 0 Å². The topological polar surface area (TPSA) is 33.7 Å². The summed E-state index contributed by atoms with van der Waals surface area (Å²) in [6.45, 7) is 8.24. The lowest BCUT2D eigenvalue weighted by atomic mass is 9.79. The lowest BCUT2D eigenvalue weighted by molar-refractivity contribution is -0.0332. The van der Waals surface area contributed by atoms with E-state index in [0.717, 1.165) is 45.9 Å². The number of hydrogen-bond donors (Lipinski definition) is 1. The second-order valence-electron chi connectivity index (χ2n) is 8.09. The largest absolute Gasteiger partial charge is 0.379 e. The quantitative estimate of drug-likeness (QED) is 0.911. The van der Waals surface area contributed by atoms with Crippen molar-refractivity contribution in [2.75, 3.05) is 39.5 Å². The fraction of sp³-hybridized carbons (Fsp3) is 0.714. The zero-order chi connectivity index (χ0) is 17.1. The van der Waals surface area contributed by atoms with E-state index in [2.05, 4.69) is 41.4 Å². The molecular formula is C21H32N2O2. The van der Waals surface area contributed by atoms with Crippen molar-refractivity contribution in [2.24, 2.45) is 0 Å². The number of ether oxygens (including phenoxy) is 2. The Balaban J connectivity index is 1.28. The molecule has 1 saturated heterocycles. The summed E-state index contributed by atoms with van der Waals surface area (Å²) in [6.07, 6.45) is 6.37. The van der Waals surface area contributed by atoms with Crippen LogP contribution in [0.2, 0.25) is 0 Å². The van der Waals surface area contributed by atoms with Crippen molar-refractivity contribution in [3.8, 4) is 0 Å². The second-order valence-corrected chi connectivity index (χ2v) is 8.09. The second kappa shape index (κ2) is 7.75. The lowest BCUT2D eigenvalue weighted by Crippen LogP contribution is -2.54. The van der Waals surface area contributed by atoms with Crippen LogP contribution in [0.15, 0.2) is 24.3 Å². The normalized spacial score (nSPS) is 33.8. The molecule has 4 rings (SSSR count). The predicted molar refractivity (Wildman–Crippen MR) is 99.9 cm³/mol. The molecule has 1 atom stereocenters. The zero-order valence-corrected chi connectivity index (χ0v) is 15.5. The van der Waals surface area contributed by atoms with Gasteiger partial charge in [0.2, 0.25) is 0 Å². The Labute approximate surface area is 151 Å². The van der Waals surface area contributed by atoms with Crippen LogP contribution in [0.25, 0.3) is 0 Å². The van der Waals surface area contributed by atoms with Crippen LogP contribution in [0.3, 0.4) is 0 Å². The minimum absolute atomic E-state index is 0.220. The van der Waals surface area contributed by atoms with Crippen LogP contribution in [0.4, 0.5) is 0 Å². The van der Waals surface area contributed by atoms with Crippen molar-refractivity contribution in [2.45, 2.75) is 56.7 Å². The number of benzene rings is 1. The van der Waals surface area contributed by atoms with Crippen LogP contribution in [-0.4, -0.2) is 55.9 Å². The van der Waals surface area contributed by atoms with Crippen molar-refractivity contribution in [1.29, 1.82) is 0 Å². The molecule has 2 fully saturated rings. The summed E-state index contributed by atoms with van der Waals surface area (Å²) in [5, 5.41) is 3.80. The number of hydrogen-bond acceptors (Lipinski definition) is 4. The third-order valence-electron chi connectivity index (χ3n) is 6.52. The maximum atomic E-state index is 6.05. The van der Waals surface area contributed by atoms with E-state index < -0.39 is 0 Å². The SMILES string of the molecule is CC1(N2CCOCC2)CCC(NCC2OCCc3ccccc32)CC1. The molecule has 0 spiro atoms. The van der Waals surface area contributed by atoms with Gasteiger partial charge in [-0.05, 0) is 50.2 Å². The summed E-state index contributed by atoms with van der Waals surface area (Å²) in [4.78, 5) is 2.66. The van der Waals surface area contributed by atoms with Gasteiger partial charge in [-0.3, -0.25) is 4.90 Å². The molecule has 1 aromatic carbocycles. The van der Waals surface area contributed by atoms with Gasteiger partial charge in [-0.2, -0.15) is 0 Å². The summed E-state index contributed by atoms with van der Waals surface area (Å²) in [5.74, 6) is 0. The molecule has 0 aromatic heterocycles. The monoisotopic (exact) mass is 344 g/mol. The van der Waals surface area contributed by atoms with Gasteiger partial charge < -0.3 is 14.8 Å². The lowest BCUT2D eigenvalue weighted by Gasteiger charge is -2.47. The molecule has 1 N–H and O–H groups in total. The first kappa shape index (κ1) is 17.5. The highest BCUT2D eigenvalue weighted by Crippen LogP contribution is 2.34. The summed E-state index contributed by atoms with van der Waals surface area (Å²) in [7, 11) is 0. The van der Waals surface area contributed by atoms with Gasteiger partial charge in [0, 0.05) is 31.2 Å². The maximum Gasteiger partial charge on any atom is 0.0952 e. The number of nitrogens with zero attached hydrogens (tertiary/aromatic N) is 1. The average Bonchev–Trinajstić information content (AvgIpc) is 2.68. The van der Waals surface area contributed by atoms with E-state index in [1.54, 1.807) is 0 Å². The van der Waals surface area contributed by atoms with Gasteiger partial charge in [-0.15, -0.1) is 0 Å². The van der Waals surface area contributed by atoms with Crippen LogP contribution in [0.5, 0.6) is 0 Å². The average molecular weight is 344 g/mol. The van der Waals surface area contributed by atoms with Crippen molar-refractivity contribution < 1.29 is 9.47 Å². The van der Waals surface area contributed by atoms with Gasteiger partial charge in [0.05, 0.1) is 25.9 Å². The molecule has 4 nitrogen and oxygen atoms in total. The fourth-order valence-corrected chi connectivity index (χ4v) is 4.78. The van der Waals surface area contributed by atoms with Gasteiger partial charge in [0.1, 0.15) is 0 Å². The minimum Gasteiger partial charge on any atom is -0.379 e. The molecule has 2 aliphatic heterocycles. The van der Waals surface area contributed by atoms with Crippen molar-refractivity contribution >= 4 is 0 Å². The summed E-state index contributed by atoms with van der Waals surface area (Å²) < 4.78 is 11.6. The third kappa shape index (κ3) is 3.92. The first-order valence-corrected chi connectivity index (χ1v) is 10.0. The van der Waals surface area contributed by atoms with Gasteiger partial charge in [-0.1, -0.05) is 24.3 Å². The Morgan fingerprint density at radius 3 is 2.68 bits per heavy atom. The molecule has 3 aliphatic rings. The van der Waals surface area contributed by atoms with Crippen LogP contribution in [0, 0.1) is 0 Å². The van der Waals surface area contributed by atoms with E-state index in [1.165, 1.54) is 36.8 Å². The molecule has 2 heterocycles. The number of fused-ring (bicyclic) bond motifs is 1. The Kier molecular flexibility index (Phi) is 5.41. The third-order valence-corrected chi connectivity index (χ3v) is 6.52. The van der Waals surface area contributed by atoms with E-state index in [1.807, 2.05) is 0 Å². The summed E-state index contributed by atoms with van der Waals surface area (Å²) in [6, 6.07) is 9.39. The number of nitrogens with one attached hydrogen (secondary N) is 1. The van der Waals surface area contributed by atoms with Crippen LogP contribution in [0.1, 0.15) is 49.8 Å². The summed E-state index contributed by atoms with van der Waals surface area (Å²) >= 11 is 0. The van der Waals surface area contributed by atoms with E-state index in [-0.39, 0.29) is 6.10 Å². The van der Waals surface area contributed by atoms with Gasteiger partial charge in [0.25, 0.3) is 0 Å². The van der Waals surface area contributed by atoms with E-state index >= 15 is 0 Å². The van der Waals surface area contributed by atoms with Crippen molar-refractivity contribution in [1.82, 2.24) is 10.2 Å². The Hall–Kier alpha value is -0.940. The van der Waals surface area contributed by atoms with E-state index in [0.29, 0.717) is 11.6 Å². The van der Waals surface area contributed by atoms with Gasteiger partial charge in [0.15, 0.2) is 0 Å². The molecule has 4 heteroatoms. The Morgan fingerprint density at radius 1 is 1.12 bits per heavy atom. The Bertz CT molecular complexity index is 563. The zero-order valence-electron chi connectivity index (χ0n) is 15.5. The molecular weight excluding hydrogens is 312 g/mol. The molecule has 1 saturated carbocycles. The molecule has 0 radical (unpaired) electrons. The molecule has 0 amide bonds. The molecule has 138 valence electrons. The van der Waals surface area contributed by atoms with Crippen LogP contribution < -0.4 is 5.32 Å². The smallest absolute Gasteiger partial charge is 0.0952 e. The molecule has 1 aliphatic carbocycles. The molecule has 25 heavy (non-hydrogen) atoms. The van der Waals surface area contributed by atoms with Crippen molar-refractivity contribution in [3.05, 3.63) is 35.4 Å². The predicted octanol–water partition coefficient (Wildman–Crippen LogP) is 2.92. The standard InChI is InChI=1S/C21H32N2O2/c1-21(23-11-14-24-15-12-23)9-6-18(7-10-21)22-16-20-19-5-3-2-4-17(19)8-13-25-20/h2-5,18,20,22H,6-16H2,1H3. The fourth-order valence-electron chi connectivity index (χ4n) is 4.78. The maximum absolute atomic E-state index is 6.05. The highest BCUT2D eigenvalue weighted by atomic mass is 16.5. The number of morpholine rings is 1. The molecule has 0 bridgehead atoms. The van der Waals surface area contributed by atoms with Gasteiger partial charge in [-0.25, -0.2) is 0 Å². The van der Waals surface area contributed by atoms with E-state index in [4.69, 9.17) is 9.47 Å². The summed E-state index contributed by atoms with van der Waals surface area (Å²) in [5.41, 5.74) is 3.22. The first-order valence-electron chi connectivity index (χ1n) is 10.0. The van der Waals surface area contributed by atoms with Crippen molar-refractivity contribution in [3.63, 3.8) is 0 Å². The molecule has 1 aromatic rings. The van der Waals surface area contributed by atoms with Gasteiger partial charge >= 0.3 is 0 Å². The Morgan fingerprint density at radius 2 is 1.88 bits per heavy atom. The molecule has 1 unspecified atom stereocenters. The van der Waals surface area contributed by atoms with Crippen LogP contribution in [-0.2, 0) is 15.9 Å². The number of rotatable bonds is 4. The first-order chi connectivity index (χ1) is 12.2. The van der Waals surface area contributed by atoms with E-state index in [9.17, 15) is 0 Å². The highest BCUT2D eigenvalue weighted by molar-refractivity contribution is 5.31.